The molecule has 1 aromatic heterocycles. The summed E-state index contributed by atoms with van der Waals surface area (Å²) in [7, 11) is 0. The molecule has 0 N–H and O–H groups in total. The fourth-order valence-electron chi connectivity index (χ4n) is 2.88. The van der Waals surface area contributed by atoms with Crippen LogP contribution in [0.15, 0.2) is 42.9 Å². The van der Waals surface area contributed by atoms with Crippen LogP contribution in [0.25, 0.3) is 0 Å². The Morgan fingerprint density at radius 3 is 3.00 bits per heavy atom. The molecule has 2 heterocycles. The molecule has 0 radical (unpaired) electrons. The van der Waals surface area contributed by atoms with Crippen LogP contribution in [0.5, 0.6) is 0 Å². The Balaban J connectivity index is 1.64. The summed E-state index contributed by atoms with van der Waals surface area (Å²) in [4.78, 5) is 22.5. The summed E-state index contributed by atoms with van der Waals surface area (Å²) < 4.78 is 19.4. The summed E-state index contributed by atoms with van der Waals surface area (Å²) in [5.41, 5.74) is 1.36. The molecule has 5 nitrogen and oxygen atoms in total. The van der Waals surface area contributed by atoms with Crippen LogP contribution in [-0.4, -0.2) is 47.1 Å². The highest BCUT2D eigenvalue weighted by atomic mass is 19.1. The molecule has 1 unspecified atom stereocenters. The van der Waals surface area contributed by atoms with Crippen molar-refractivity contribution in [2.75, 3.05) is 26.3 Å². The highest BCUT2D eigenvalue weighted by Crippen LogP contribution is 2.15. The van der Waals surface area contributed by atoms with Gasteiger partial charge in [-0.15, -0.1) is 0 Å². The van der Waals surface area contributed by atoms with E-state index in [1.807, 2.05) is 6.07 Å². The van der Waals surface area contributed by atoms with E-state index in [1.165, 1.54) is 12.4 Å². The van der Waals surface area contributed by atoms with Gasteiger partial charge in [0.1, 0.15) is 12.1 Å². The van der Waals surface area contributed by atoms with Gasteiger partial charge < -0.3 is 9.64 Å². The van der Waals surface area contributed by atoms with Crippen LogP contribution in [-0.2, 0) is 22.4 Å². The van der Waals surface area contributed by atoms with Gasteiger partial charge in [0.15, 0.2) is 0 Å². The van der Waals surface area contributed by atoms with Gasteiger partial charge in [0.05, 0.1) is 19.6 Å². The van der Waals surface area contributed by atoms with Crippen LogP contribution in [0.4, 0.5) is 4.39 Å². The molecule has 1 saturated heterocycles. The van der Waals surface area contributed by atoms with Gasteiger partial charge in [-0.3, -0.25) is 4.79 Å². The van der Waals surface area contributed by atoms with Crippen LogP contribution < -0.4 is 0 Å². The number of rotatable bonds is 4. The SMILES string of the molecule is O=C(Cc1ccccc1F)N1CCOCC(Cc2ccncn2)C1. The molecule has 0 spiro atoms. The maximum absolute atomic E-state index is 13.8. The van der Waals surface area contributed by atoms with Crippen molar-refractivity contribution in [2.45, 2.75) is 12.8 Å². The molecule has 1 atom stereocenters. The van der Waals surface area contributed by atoms with Gasteiger partial charge in [0.25, 0.3) is 0 Å². The van der Waals surface area contributed by atoms with Crippen molar-refractivity contribution in [3.8, 4) is 0 Å². The Hall–Kier alpha value is -2.34. The lowest BCUT2D eigenvalue weighted by atomic mass is 10.0. The summed E-state index contributed by atoms with van der Waals surface area (Å²) in [6, 6.07) is 8.28. The second-order valence-electron chi connectivity index (χ2n) is 5.95. The molecule has 0 aliphatic carbocycles. The minimum absolute atomic E-state index is 0.0710. The van der Waals surface area contributed by atoms with Crippen molar-refractivity contribution in [2.24, 2.45) is 5.92 Å². The van der Waals surface area contributed by atoms with Crippen molar-refractivity contribution in [1.29, 1.82) is 0 Å². The fraction of sp³-hybridized carbons (Fsp3) is 0.389. The lowest BCUT2D eigenvalue weighted by Gasteiger charge is -2.23. The lowest BCUT2D eigenvalue weighted by molar-refractivity contribution is -0.130. The molecule has 0 saturated carbocycles. The van der Waals surface area contributed by atoms with Gasteiger partial charge in [-0.25, -0.2) is 14.4 Å². The molecule has 1 aliphatic heterocycles. The van der Waals surface area contributed by atoms with Crippen LogP contribution in [0, 0.1) is 11.7 Å². The van der Waals surface area contributed by atoms with E-state index in [0.29, 0.717) is 31.9 Å². The Labute approximate surface area is 140 Å². The van der Waals surface area contributed by atoms with Gasteiger partial charge in [-0.2, -0.15) is 0 Å². The van der Waals surface area contributed by atoms with E-state index in [0.717, 1.165) is 12.1 Å². The average Bonchev–Trinajstić information content (AvgIpc) is 2.83. The molecule has 0 bridgehead atoms. The standard InChI is InChI=1S/C18H20FN3O2/c19-17-4-2-1-3-15(17)10-18(23)22-7-8-24-12-14(11-22)9-16-5-6-20-13-21-16/h1-6,13-14H,7-12H2. The monoisotopic (exact) mass is 329 g/mol. The lowest BCUT2D eigenvalue weighted by Crippen LogP contribution is -2.37. The number of carbonyl (C=O) groups is 1. The largest absolute Gasteiger partial charge is 0.379 e. The third-order valence-electron chi connectivity index (χ3n) is 4.13. The Bertz CT molecular complexity index is 681. The number of hydrogen-bond acceptors (Lipinski definition) is 4. The zero-order valence-corrected chi connectivity index (χ0v) is 13.4. The topological polar surface area (TPSA) is 55.3 Å². The molecular weight excluding hydrogens is 309 g/mol. The van der Waals surface area contributed by atoms with Gasteiger partial charge in [0.2, 0.25) is 5.91 Å². The first-order chi connectivity index (χ1) is 11.7. The highest BCUT2D eigenvalue weighted by Gasteiger charge is 2.23. The molecule has 1 aliphatic rings. The number of halogens is 1. The zero-order valence-electron chi connectivity index (χ0n) is 13.4. The minimum Gasteiger partial charge on any atom is -0.379 e. The first-order valence-corrected chi connectivity index (χ1v) is 8.06. The molecule has 2 aromatic rings. The zero-order chi connectivity index (χ0) is 16.8. The average molecular weight is 329 g/mol. The maximum Gasteiger partial charge on any atom is 0.227 e. The molecule has 1 fully saturated rings. The molecular formula is C18H20FN3O2. The summed E-state index contributed by atoms with van der Waals surface area (Å²) >= 11 is 0. The first kappa shape index (κ1) is 16.5. The second-order valence-corrected chi connectivity index (χ2v) is 5.95. The van der Waals surface area contributed by atoms with Crippen molar-refractivity contribution in [3.63, 3.8) is 0 Å². The van der Waals surface area contributed by atoms with Crippen molar-refractivity contribution < 1.29 is 13.9 Å². The smallest absolute Gasteiger partial charge is 0.227 e. The third-order valence-corrected chi connectivity index (χ3v) is 4.13. The summed E-state index contributed by atoms with van der Waals surface area (Å²) in [6.07, 6.45) is 4.04. The van der Waals surface area contributed by atoms with E-state index in [2.05, 4.69) is 9.97 Å². The summed E-state index contributed by atoms with van der Waals surface area (Å²) in [6.45, 7) is 2.22. The van der Waals surface area contributed by atoms with Crippen LogP contribution in [0.3, 0.4) is 0 Å². The van der Waals surface area contributed by atoms with Gasteiger partial charge >= 0.3 is 0 Å². The summed E-state index contributed by atoms with van der Waals surface area (Å²) in [5, 5.41) is 0. The number of amides is 1. The van der Waals surface area contributed by atoms with E-state index in [4.69, 9.17) is 4.74 Å². The van der Waals surface area contributed by atoms with Crippen molar-refractivity contribution >= 4 is 5.91 Å². The Kier molecular flexibility index (Phi) is 5.48. The normalized spacial score (nSPS) is 18.2. The van der Waals surface area contributed by atoms with E-state index in [-0.39, 0.29) is 24.1 Å². The van der Waals surface area contributed by atoms with Crippen molar-refractivity contribution in [3.05, 3.63) is 59.9 Å². The molecule has 126 valence electrons. The van der Waals surface area contributed by atoms with Crippen LogP contribution >= 0.6 is 0 Å². The fourth-order valence-corrected chi connectivity index (χ4v) is 2.88. The number of nitrogens with zero attached hydrogens (tertiary/aromatic N) is 3. The number of ether oxygens (including phenoxy) is 1. The Morgan fingerprint density at radius 1 is 1.33 bits per heavy atom. The summed E-state index contributed by atoms with van der Waals surface area (Å²) in [5.74, 6) is -0.236. The molecule has 24 heavy (non-hydrogen) atoms. The van der Waals surface area contributed by atoms with Gasteiger partial charge in [-0.05, 0) is 24.1 Å². The predicted molar refractivity (Wildman–Crippen MR) is 86.7 cm³/mol. The van der Waals surface area contributed by atoms with Gasteiger partial charge in [-0.1, -0.05) is 18.2 Å². The molecule has 1 amide bonds. The van der Waals surface area contributed by atoms with E-state index in [1.54, 1.807) is 29.3 Å². The molecule has 3 rings (SSSR count). The maximum atomic E-state index is 13.8. The first-order valence-electron chi connectivity index (χ1n) is 8.06. The number of benzene rings is 1. The number of carbonyl (C=O) groups excluding carboxylic acids is 1. The minimum atomic E-state index is -0.338. The number of hydrogen-bond donors (Lipinski definition) is 0. The predicted octanol–water partition coefficient (Wildman–Crippen LogP) is 1.88. The number of aromatic nitrogens is 2. The van der Waals surface area contributed by atoms with Crippen LogP contribution in [0.2, 0.25) is 0 Å². The van der Waals surface area contributed by atoms with Crippen molar-refractivity contribution in [1.82, 2.24) is 14.9 Å². The molecule has 1 aromatic carbocycles. The third kappa shape index (κ3) is 4.35. The Morgan fingerprint density at radius 2 is 2.21 bits per heavy atom. The molecule has 6 heteroatoms. The van der Waals surface area contributed by atoms with E-state index < -0.39 is 0 Å². The highest BCUT2D eigenvalue weighted by molar-refractivity contribution is 5.78. The quantitative estimate of drug-likeness (QED) is 0.859. The van der Waals surface area contributed by atoms with E-state index in [9.17, 15) is 9.18 Å². The van der Waals surface area contributed by atoms with Crippen LogP contribution in [0.1, 0.15) is 11.3 Å². The second kappa shape index (κ2) is 7.97. The van der Waals surface area contributed by atoms with E-state index >= 15 is 0 Å². The van der Waals surface area contributed by atoms with Gasteiger partial charge in [0, 0.05) is 30.9 Å².